The highest BCUT2D eigenvalue weighted by atomic mass is 16.5. The number of carbonyl (C=O) groups excluding carboxylic acids is 2. The summed E-state index contributed by atoms with van der Waals surface area (Å²) in [5.41, 5.74) is 1.37. The predicted molar refractivity (Wildman–Crippen MR) is 140 cm³/mol. The first kappa shape index (κ1) is 28.9. The van der Waals surface area contributed by atoms with Crippen LogP contribution < -0.4 is 10.9 Å². The minimum Gasteiger partial charge on any atom is -0.507 e. The van der Waals surface area contributed by atoms with Gasteiger partial charge in [-0.2, -0.15) is 0 Å². The topological polar surface area (TPSA) is 106 Å². The molecule has 1 heterocycles. The van der Waals surface area contributed by atoms with Crippen LogP contribution >= 0.6 is 0 Å². The lowest BCUT2D eigenvalue weighted by atomic mass is 9.92. The molecule has 0 spiro atoms. The van der Waals surface area contributed by atoms with Gasteiger partial charge in [-0.3, -0.25) is 10.1 Å². The molecule has 36 heavy (non-hydrogen) atoms. The number of allylic oxidation sites excluding steroid dienone is 1. The first-order valence-corrected chi connectivity index (χ1v) is 12.7. The van der Waals surface area contributed by atoms with Gasteiger partial charge in [-0.1, -0.05) is 64.0 Å². The van der Waals surface area contributed by atoms with E-state index in [1.807, 2.05) is 6.92 Å². The predicted octanol–water partition coefficient (Wildman–Crippen LogP) is 6.28. The average molecular weight is 498 g/mol. The lowest BCUT2D eigenvalue weighted by molar-refractivity contribution is 0.0916. The van der Waals surface area contributed by atoms with E-state index in [0.717, 1.165) is 12.0 Å². The van der Waals surface area contributed by atoms with Crippen LogP contribution in [-0.4, -0.2) is 24.1 Å². The van der Waals surface area contributed by atoms with Crippen molar-refractivity contribution < 1.29 is 23.8 Å². The summed E-state index contributed by atoms with van der Waals surface area (Å²) in [6, 6.07) is 9.84. The molecule has 1 unspecified atom stereocenters. The van der Waals surface area contributed by atoms with Crippen LogP contribution in [0.15, 0.2) is 51.8 Å². The minimum absolute atomic E-state index is 0.169. The molecule has 2 rings (SSSR count). The Hall–Kier alpha value is -3.35. The monoisotopic (exact) mass is 497 g/mol. The first-order chi connectivity index (χ1) is 17.3. The number of carbonyl (C=O) groups is 2. The molecular weight excluding hydrogens is 458 g/mol. The Morgan fingerprint density at radius 3 is 2.36 bits per heavy atom. The average Bonchev–Trinajstić information content (AvgIpc) is 2.87. The van der Waals surface area contributed by atoms with Gasteiger partial charge in [0.05, 0.1) is 7.11 Å². The Bertz CT molecular complexity index is 1070. The maximum atomic E-state index is 12.9. The maximum absolute atomic E-state index is 12.9. The van der Waals surface area contributed by atoms with Gasteiger partial charge in [0.25, 0.3) is 0 Å². The summed E-state index contributed by atoms with van der Waals surface area (Å²) in [6.07, 6.45) is 9.88. The summed E-state index contributed by atoms with van der Waals surface area (Å²) in [5.74, 6) is -1.04. The zero-order valence-corrected chi connectivity index (χ0v) is 21.8. The molecule has 0 fully saturated rings. The summed E-state index contributed by atoms with van der Waals surface area (Å²) in [6.45, 7) is 5.82. The number of Topliss-reactive ketones (excluding diaryl/α,β-unsaturated/α-hetero) is 1. The number of nitrogens with one attached hydrogen (secondary N) is 1. The third-order valence-electron chi connectivity index (χ3n) is 6.36. The number of benzene rings is 1. The third-order valence-corrected chi connectivity index (χ3v) is 6.36. The fourth-order valence-corrected chi connectivity index (χ4v) is 3.94. The summed E-state index contributed by atoms with van der Waals surface area (Å²) in [5, 5.41) is 12.9. The second-order valence-corrected chi connectivity index (χ2v) is 9.29. The van der Waals surface area contributed by atoms with Gasteiger partial charge in [-0.25, -0.2) is 9.59 Å². The Morgan fingerprint density at radius 2 is 1.75 bits per heavy atom. The fraction of sp³-hybridized carbons (Fsp3) is 0.483. The fourth-order valence-electron chi connectivity index (χ4n) is 3.94. The smallest absolute Gasteiger partial charge is 0.410 e. The normalized spacial score (nSPS) is 12.9. The molecular formula is C29H39NO6. The maximum Gasteiger partial charge on any atom is 0.410 e. The van der Waals surface area contributed by atoms with Crippen LogP contribution in [0.5, 0.6) is 5.75 Å². The Morgan fingerprint density at radius 1 is 1.08 bits per heavy atom. The quantitative estimate of drug-likeness (QED) is 0.235. The molecule has 1 aromatic heterocycles. The van der Waals surface area contributed by atoms with Crippen LogP contribution in [0.25, 0.3) is 0 Å². The molecule has 0 saturated heterocycles. The van der Waals surface area contributed by atoms with Crippen molar-refractivity contribution in [3.8, 4) is 5.75 Å². The van der Waals surface area contributed by atoms with Crippen LogP contribution in [0.1, 0.15) is 92.5 Å². The van der Waals surface area contributed by atoms with E-state index < -0.39 is 23.4 Å². The Labute approximate surface area is 213 Å². The van der Waals surface area contributed by atoms with Gasteiger partial charge < -0.3 is 14.3 Å². The molecule has 0 bridgehead atoms. The number of aromatic hydroxyl groups is 1. The van der Waals surface area contributed by atoms with E-state index in [9.17, 15) is 19.5 Å². The lowest BCUT2D eigenvalue weighted by Gasteiger charge is -2.13. The standard InChI is InChI=1S/C29H39NO6/c1-5-6-7-11-22-14-16-23(17-15-22)13-12-21(3)27(32)26-24(31)19-25(36-28(26)33)20(2)10-8-9-18-30-29(34)35-4/h9,14-21,31H,5-8,10-13H2,1-4H3,(H,30,34)/b18-9+/t20?,21-/m0/s1. The number of hydrogen-bond donors (Lipinski definition) is 2. The number of ether oxygens (including phenoxy) is 1. The molecule has 196 valence electrons. The highest BCUT2D eigenvalue weighted by Crippen LogP contribution is 2.27. The van der Waals surface area contributed by atoms with Crippen molar-refractivity contribution in [2.24, 2.45) is 5.92 Å². The largest absolute Gasteiger partial charge is 0.507 e. The highest BCUT2D eigenvalue weighted by molar-refractivity contribution is 5.99. The second kappa shape index (κ2) is 14.9. The number of methoxy groups -OCH3 is 1. The van der Waals surface area contributed by atoms with Gasteiger partial charge in [-0.05, 0) is 49.7 Å². The van der Waals surface area contributed by atoms with Crippen LogP contribution in [0, 0.1) is 5.92 Å². The molecule has 2 aromatic rings. The number of ketones is 1. The van der Waals surface area contributed by atoms with Gasteiger partial charge in [-0.15, -0.1) is 0 Å². The molecule has 2 atom stereocenters. The molecule has 0 saturated carbocycles. The zero-order chi connectivity index (χ0) is 26.5. The van der Waals surface area contributed by atoms with Crippen LogP contribution in [0.3, 0.4) is 0 Å². The van der Waals surface area contributed by atoms with Gasteiger partial charge >= 0.3 is 11.7 Å². The molecule has 7 heteroatoms. The van der Waals surface area contributed by atoms with E-state index in [1.165, 1.54) is 44.2 Å². The van der Waals surface area contributed by atoms with Crippen LogP contribution in [0.2, 0.25) is 0 Å². The number of amides is 1. The molecule has 0 aliphatic carbocycles. The van der Waals surface area contributed by atoms with Crippen molar-refractivity contribution in [1.82, 2.24) is 5.32 Å². The number of hydrogen-bond acceptors (Lipinski definition) is 6. The van der Waals surface area contributed by atoms with Gasteiger partial charge in [0.1, 0.15) is 17.1 Å². The molecule has 2 N–H and O–H groups in total. The Kier molecular flexibility index (Phi) is 12.0. The second-order valence-electron chi connectivity index (χ2n) is 9.29. The van der Waals surface area contributed by atoms with Crippen LogP contribution in [0.4, 0.5) is 4.79 Å². The van der Waals surface area contributed by atoms with Crippen molar-refractivity contribution in [2.75, 3.05) is 7.11 Å². The molecule has 1 amide bonds. The number of alkyl carbamates (subject to hydrolysis) is 1. The van der Waals surface area contributed by atoms with Gasteiger partial charge in [0.2, 0.25) is 0 Å². The number of unbranched alkanes of at least 4 members (excludes halogenated alkanes) is 2. The summed E-state index contributed by atoms with van der Waals surface area (Å²) in [7, 11) is 1.28. The van der Waals surface area contributed by atoms with Crippen molar-refractivity contribution in [2.45, 2.75) is 78.1 Å². The summed E-state index contributed by atoms with van der Waals surface area (Å²) in [4.78, 5) is 36.5. The molecule has 0 aliphatic rings. The van der Waals surface area contributed by atoms with E-state index in [2.05, 4.69) is 41.2 Å². The van der Waals surface area contributed by atoms with Gasteiger partial charge in [0.15, 0.2) is 5.78 Å². The zero-order valence-electron chi connectivity index (χ0n) is 21.8. The van der Waals surface area contributed by atoms with Crippen molar-refractivity contribution in [3.05, 3.63) is 75.5 Å². The van der Waals surface area contributed by atoms with E-state index >= 15 is 0 Å². The van der Waals surface area contributed by atoms with Crippen molar-refractivity contribution in [3.63, 3.8) is 0 Å². The van der Waals surface area contributed by atoms with E-state index in [1.54, 1.807) is 13.0 Å². The van der Waals surface area contributed by atoms with Crippen LogP contribution in [-0.2, 0) is 17.6 Å². The number of rotatable bonds is 14. The van der Waals surface area contributed by atoms with E-state index in [4.69, 9.17) is 4.42 Å². The third kappa shape index (κ3) is 9.02. The summed E-state index contributed by atoms with van der Waals surface area (Å²) < 4.78 is 9.87. The molecule has 0 aliphatic heterocycles. The molecule has 0 radical (unpaired) electrons. The minimum atomic E-state index is -0.812. The highest BCUT2D eigenvalue weighted by Gasteiger charge is 2.25. The van der Waals surface area contributed by atoms with E-state index in [0.29, 0.717) is 31.4 Å². The van der Waals surface area contributed by atoms with E-state index in [-0.39, 0.29) is 17.2 Å². The Balaban J connectivity index is 1.93. The first-order valence-electron chi connectivity index (χ1n) is 12.7. The van der Waals surface area contributed by atoms with Crippen molar-refractivity contribution >= 4 is 11.9 Å². The molecule has 1 aromatic carbocycles. The molecule has 7 nitrogen and oxygen atoms in total. The van der Waals surface area contributed by atoms with Crippen molar-refractivity contribution in [1.29, 1.82) is 0 Å². The van der Waals surface area contributed by atoms with Gasteiger partial charge in [0, 0.05) is 24.1 Å². The number of aryl methyl sites for hydroxylation is 2. The summed E-state index contributed by atoms with van der Waals surface area (Å²) >= 11 is 0. The lowest BCUT2D eigenvalue weighted by Crippen LogP contribution is -2.21. The SMILES string of the molecule is CCCCCc1ccc(CC[C@H](C)C(=O)c2c(O)cc(C(C)CC/C=C/NC(=O)OC)oc2=O)cc1.